The van der Waals surface area contributed by atoms with Crippen LogP contribution in [0.5, 0.6) is 0 Å². The molecule has 2 rings (SSSR count). The molecule has 2 nitrogen and oxygen atoms in total. The number of rotatable bonds is 3. The topological polar surface area (TPSA) is 38.9 Å². The molecule has 1 heterocycles. The van der Waals surface area contributed by atoms with E-state index in [2.05, 4.69) is 23.2 Å². The fourth-order valence-corrected chi connectivity index (χ4v) is 2.09. The smallest absolute Gasteiger partial charge is 0.0928 e. The first kappa shape index (κ1) is 10.2. The molecule has 0 saturated heterocycles. The van der Waals surface area contributed by atoms with Gasteiger partial charge in [-0.1, -0.05) is 12.1 Å². The van der Waals surface area contributed by atoms with Crippen LogP contribution < -0.4 is 5.73 Å². The number of nitrogens with two attached hydrogens (primary N) is 1. The fraction of sp³-hybridized carbons (Fsp3) is 0.250. The number of thiazole rings is 1. The van der Waals surface area contributed by atoms with Gasteiger partial charge < -0.3 is 5.73 Å². The van der Waals surface area contributed by atoms with E-state index >= 15 is 0 Å². The van der Waals surface area contributed by atoms with Crippen molar-refractivity contribution in [3.05, 3.63) is 45.9 Å². The van der Waals surface area contributed by atoms with E-state index in [0.717, 1.165) is 24.1 Å². The Bertz CT molecular complexity index is 435. The van der Waals surface area contributed by atoms with Gasteiger partial charge in [0.2, 0.25) is 0 Å². The molecule has 0 fully saturated rings. The number of aryl methyl sites for hydroxylation is 3. The summed E-state index contributed by atoms with van der Waals surface area (Å²) < 4.78 is 0. The molecule has 0 aliphatic rings. The summed E-state index contributed by atoms with van der Waals surface area (Å²) in [6, 6.07) is 6.27. The second-order valence-corrected chi connectivity index (χ2v) is 4.60. The number of hydrogen-bond acceptors (Lipinski definition) is 3. The van der Waals surface area contributed by atoms with Gasteiger partial charge in [-0.25, -0.2) is 4.98 Å². The Kier molecular flexibility index (Phi) is 3.02. The van der Waals surface area contributed by atoms with Crippen molar-refractivity contribution in [2.75, 3.05) is 5.73 Å². The van der Waals surface area contributed by atoms with Gasteiger partial charge in [0.25, 0.3) is 0 Å². The third-order valence-electron chi connectivity index (χ3n) is 2.45. The Morgan fingerprint density at radius 1 is 1.33 bits per heavy atom. The van der Waals surface area contributed by atoms with E-state index < -0.39 is 0 Å². The van der Waals surface area contributed by atoms with Gasteiger partial charge in [0.15, 0.2) is 0 Å². The molecule has 0 amide bonds. The van der Waals surface area contributed by atoms with Crippen LogP contribution in [0.2, 0.25) is 0 Å². The molecule has 3 heteroatoms. The Morgan fingerprint density at radius 3 is 2.87 bits per heavy atom. The molecule has 0 spiro atoms. The molecule has 1 aromatic heterocycles. The highest BCUT2D eigenvalue weighted by molar-refractivity contribution is 7.09. The zero-order valence-electron chi connectivity index (χ0n) is 8.73. The van der Waals surface area contributed by atoms with Crippen LogP contribution in [0.15, 0.2) is 29.8 Å². The number of nitrogens with zero attached hydrogens (tertiary/aromatic N) is 1. The standard InChI is InChI=1S/C12H14N2S/c1-9-2-3-10(8-11(9)13)4-5-12-14-6-7-15-12/h2-3,6-8H,4-5,13H2,1H3. The Hall–Kier alpha value is -1.35. The third kappa shape index (κ3) is 2.57. The first-order valence-electron chi connectivity index (χ1n) is 4.99. The van der Waals surface area contributed by atoms with Crippen LogP contribution in [0.1, 0.15) is 16.1 Å². The van der Waals surface area contributed by atoms with E-state index in [1.807, 2.05) is 18.5 Å². The average molecular weight is 218 g/mol. The molecule has 78 valence electrons. The molecule has 1 aromatic carbocycles. The summed E-state index contributed by atoms with van der Waals surface area (Å²) in [4.78, 5) is 4.26. The summed E-state index contributed by atoms with van der Waals surface area (Å²) in [6.07, 6.45) is 3.86. The first-order chi connectivity index (χ1) is 7.25. The van der Waals surface area contributed by atoms with Gasteiger partial charge in [0.1, 0.15) is 0 Å². The van der Waals surface area contributed by atoms with Crippen LogP contribution in [0, 0.1) is 6.92 Å². The molecule has 2 aromatic rings. The van der Waals surface area contributed by atoms with Gasteiger partial charge in [-0.2, -0.15) is 0 Å². The second kappa shape index (κ2) is 4.45. The van der Waals surface area contributed by atoms with Crippen molar-refractivity contribution in [1.82, 2.24) is 4.98 Å². The maximum absolute atomic E-state index is 5.86. The highest BCUT2D eigenvalue weighted by Gasteiger charge is 1.99. The fourth-order valence-electron chi connectivity index (χ4n) is 1.47. The molecule has 2 N–H and O–H groups in total. The quantitative estimate of drug-likeness (QED) is 0.805. The number of nitrogen functional groups attached to an aromatic ring is 1. The van der Waals surface area contributed by atoms with Crippen molar-refractivity contribution in [2.24, 2.45) is 0 Å². The minimum Gasteiger partial charge on any atom is -0.399 e. The van der Waals surface area contributed by atoms with E-state index in [0.29, 0.717) is 0 Å². The maximum Gasteiger partial charge on any atom is 0.0928 e. The zero-order chi connectivity index (χ0) is 10.7. The number of anilines is 1. The normalized spacial score (nSPS) is 10.5. The number of hydrogen-bond donors (Lipinski definition) is 1. The van der Waals surface area contributed by atoms with Crippen molar-refractivity contribution in [3.63, 3.8) is 0 Å². The monoisotopic (exact) mass is 218 g/mol. The molecule has 0 aliphatic heterocycles. The SMILES string of the molecule is Cc1ccc(CCc2nccs2)cc1N. The molecule has 0 saturated carbocycles. The molecule has 0 unspecified atom stereocenters. The van der Waals surface area contributed by atoms with Crippen LogP contribution in [0.25, 0.3) is 0 Å². The lowest BCUT2D eigenvalue weighted by molar-refractivity contribution is 0.944. The number of benzene rings is 1. The van der Waals surface area contributed by atoms with Crippen LogP contribution in [0.4, 0.5) is 5.69 Å². The summed E-state index contributed by atoms with van der Waals surface area (Å²) >= 11 is 1.71. The summed E-state index contributed by atoms with van der Waals surface area (Å²) in [7, 11) is 0. The lowest BCUT2D eigenvalue weighted by atomic mass is 10.1. The molecule has 0 bridgehead atoms. The van der Waals surface area contributed by atoms with Gasteiger partial charge in [0.05, 0.1) is 5.01 Å². The van der Waals surface area contributed by atoms with E-state index in [4.69, 9.17) is 5.73 Å². The van der Waals surface area contributed by atoms with Gasteiger partial charge in [-0.15, -0.1) is 11.3 Å². The van der Waals surface area contributed by atoms with E-state index in [9.17, 15) is 0 Å². The lowest BCUT2D eigenvalue weighted by Crippen LogP contribution is -1.94. The number of aromatic nitrogens is 1. The molecule has 0 radical (unpaired) electrons. The largest absolute Gasteiger partial charge is 0.399 e. The van der Waals surface area contributed by atoms with Gasteiger partial charge >= 0.3 is 0 Å². The van der Waals surface area contributed by atoms with E-state index in [1.54, 1.807) is 11.3 Å². The van der Waals surface area contributed by atoms with Gasteiger partial charge in [-0.3, -0.25) is 0 Å². The Morgan fingerprint density at radius 2 is 2.20 bits per heavy atom. The summed E-state index contributed by atoms with van der Waals surface area (Å²) in [5.41, 5.74) is 9.17. The van der Waals surface area contributed by atoms with Crippen molar-refractivity contribution >= 4 is 17.0 Å². The molecule has 0 atom stereocenters. The lowest BCUT2D eigenvalue weighted by Gasteiger charge is -2.03. The maximum atomic E-state index is 5.86. The molecular formula is C12H14N2S. The summed E-state index contributed by atoms with van der Waals surface area (Å²) in [6.45, 7) is 2.03. The van der Waals surface area contributed by atoms with Crippen LogP contribution >= 0.6 is 11.3 Å². The average Bonchev–Trinajstić information content (AvgIpc) is 2.73. The predicted molar refractivity (Wildman–Crippen MR) is 65.1 cm³/mol. The third-order valence-corrected chi connectivity index (χ3v) is 3.29. The highest BCUT2D eigenvalue weighted by atomic mass is 32.1. The predicted octanol–water partition coefficient (Wildman–Crippen LogP) is 2.82. The van der Waals surface area contributed by atoms with Crippen molar-refractivity contribution in [3.8, 4) is 0 Å². The van der Waals surface area contributed by atoms with Crippen molar-refractivity contribution < 1.29 is 0 Å². The Labute approximate surface area is 93.8 Å². The van der Waals surface area contributed by atoms with Crippen LogP contribution in [-0.2, 0) is 12.8 Å². The molecule has 0 aliphatic carbocycles. The van der Waals surface area contributed by atoms with Gasteiger partial charge in [-0.05, 0) is 30.5 Å². The molecule has 15 heavy (non-hydrogen) atoms. The van der Waals surface area contributed by atoms with Crippen LogP contribution in [0.3, 0.4) is 0 Å². The molecular weight excluding hydrogens is 204 g/mol. The minimum atomic E-state index is 0.881. The van der Waals surface area contributed by atoms with Crippen molar-refractivity contribution in [2.45, 2.75) is 19.8 Å². The summed E-state index contributed by atoms with van der Waals surface area (Å²) in [5.74, 6) is 0. The first-order valence-corrected chi connectivity index (χ1v) is 5.87. The van der Waals surface area contributed by atoms with Crippen LogP contribution in [-0.4, -0.2) is 4.98 Å². The summed E-state index contributed by atoms with van der Waals surface area (Å²) in [5, 5.41) is 3.20. The van der Waals surface area contributed by atoms with Crippen molar-refractivity contribution in [1.29, 1.82) is 0 Å². The van der Waals surface area contributed by atoms with E-state index in [1.165, 1.54) is 10.6 Å². The minimum absolute atomic E-state index is 0.881. The highest BCUT2D eigenvalue weighted by Crippen LogP contribution is 2.15. The zero-order valence-corrected chi connectivity index (χ0v) is 9.55. The van der Waals surface area contributed by atoms with E-state index in [-0.39, 0.29) is 0 Å². The second-order valence-electron chi connectivity index (χ2n) is 3.62. The van der Waals surface area contributed by atoms with Gasteiger partial charge in [0, 0.05) is 23.7 Å². The Balaban J connectivity index is 2.02.